The molecule has 1 N–H and O–H groups in total. The largest absolute Gasteiger partial charge is 0.353 e. The van der Waals surface area contributed by atoms with Crippen molar-refractivity contribution < 1.29 is 9.59 Å². The fourth-order valence-corrected chi connectivity index (χ4v) is 4.10. The number of aryl methyl sites for hydroxylation is 1. The number of anilines is 2. The second-order valence-corrected chi connectivity index (χ2v) is 7.88. The molecule has 30 heavy (non-hydrogen) atoms. The van der Waals surface area contributed by atoms with Gasteiger partial charge in [-0.2, -0.15) is 0 Å². The third-order valence-electron chi connectivity index (χ3n) is 5.01. The number of benzene rings is 1. The molecule has 3 heterocycles. The molecule has 154 valence electrons. The number of rotatable bonds is 6. The Balaban J connectivity index is 1.23. The second kappa shape index (κ2) is 9.49. The smallest absolute Gasteiger partial charge is 0.257 e. The lowest BCUT2D eigenvalue weighted by atomic mass is 10.2. The number of pyridine rings is 1. The number of nitrogens with one attached hydrogen (secondary N) is 1. The molecule has 1 aromatic carbocycles. The number of thiazole rings is 1. The minimum Gasteiger partial charge on any atom is -0.353 e. The molecule has 4 rings (SSSR count). The molecule has 2 aromatic heterocycles. The van der Waals surface area contributed by atoms with E-state index in [1.165, 1.54) is 11.3 Å². The lowest BCUT2D eigenvalue weighted by Crippen LogP contribution is -2.49. The van der Waals surface area contributed by atoms with E-state index in [4.69, 9.17) is 0 Å². The van der Waals surface area contributed by atoms with E-state index in [0.29, 0.717) is 36.6 Å². The van der Waals surface area contributed by atoms with Crippen LogP contribution >= 0.6 is 11.3 Å². The molecule has 3 aromatic rings. The zero-order valence-corrected chi connectivity index (χ0v) is 17.3. The fraction of sp³-hybridized carbons (Fsp3) is 0.273. The molecular weight excluding hydrogens is 398 g/mol. The fourth-order valence-electron chi connectivity index (χ4n) is 3.36. The lowest BCUT2D eigenvalue weighted by Gasteiger charge is -2.35. The Morgan fingerprint density at radius 2 is 1.77 bits per heavy atom. The number of aromatic nitrogens is 2. The Morgan fingerprint density at radius 3 is 2.50 bits per heavy atom. The SMILES string of the molecule is O=C(Nc1nc(CCC(=O)N2CCN(c3ccccn3)CC2)cs1)c1ccccc1. The lowest BCUT2D eigenvalue weighted by molar-refractivity contribution is -0.131. The highest BCUT2D eigenvalue weighted by atomic mass is 32.1. The monoisotopic (exact) mass is 421 g/mol. The van der Waals surface area contributed by atoms with Gasteiger partial charge in [-0.15, -0.1) is 11.3 Å². The maximum atomic E-state index is 12.6. The van der Waals surface area contributed by atoms with Crippen LogP contribution in [0.2, 0.25) is 0 Å². The van der Waals surface area contributed by atoms with Crippen molar-refractivity contribution in [2.45, 2.75) is 12.8 Å². The van der Waals surface area contributed by atoms with Crippen LogP contribution in [0.5, 0.6) is 0 Å². The van der Waals surface area contributed by atoms with Crippen molar-refractivity contribution in [2.24, 2.45) is 0 Å². The van der Waals surface area contributed by atoms with Crippen molar-refractivity contribution in [2.75, 3.05) is 36.4 Å². The Hall–Kier alpha value is -3.26. The van der Waals surface area contributed by atoms with Crippen LogP contribution in [-0.2, 0) is 11.2 Å². The first-order chi connectivity index (χ1) is 14.7. The highest BCUT2D eigenvalue weighted by Crippen LogP contribution is 2.18. The van der Waals surface area contributed by atoms with E-state index < -0.39 is 0 Å². The molecule has 1 fully saturated rings. The summed E-state index contributed by atoms with van der Waals surface area (Å²) in [5, 5.41) is 5.26. The molecule has 1 aliphatic rings. The highest BCUT2D eigenvalue weighted by Gasteiger charge is 2.21. The Labute approximate surface area is 179 Å². The van der Waals surface area contributed by atoms with Crippen LogP contribution in [0.25, 0.3) is 0 Å². The van der Waals surface area contributed by atoms with E-state index in [2.05, 4.69) is 20.2 Å². The maximum absolute atomic E-state index is 12.6. The quantitative estimate of drug-likeness (QED) is 0.662. The van der Waals surface area contributed by atoms with E-state index in [0.717, 1.165) is 24.6 Å². The first-order valence-corrected chi connectivity index (χ1v) is 10.8. The third kappa shape index (κ3) is 5.01. The third-order valence-corrected chi connectivity index (χ3v) is 5.82. The zero-order valence-electron chi connectivity index (χ0n) is 16.5. The van der Waals surface area contributed by atoms with E-state index in [-0.39, 0.29) is 11.8 Å². The van der Waals surface area contributed by atoms with Crippen molar-refractivity contribution in [3.63, 3.8) is 0 Å². The van der Waals surface area contributed by atoms with Gasteiger partial charge in [0.05, 0.1) is 5.69 Å². The summed E-state index contributed by atoms with van der Waals surface area (Å²) in [6.45, 7) is 2.97. The summed E-state index contributed by atoms with van der Waals surface area (Å²) in [7, 11) is 0. The summed E-state index contributed by atoms with van der Waals surface area (Å²) in [4.78, 5) is 37.7. The summed E-state index contributed by atoms with van der Waals surface area (Å²) in [5.41, 5.74) is 1.41. The predicted octanol–water partition coefficient (Wildman–Crippen LogP) is 3.07. The van der Waals surface area contributed by atoms with Gasteiger partial charge in [0, 0.05) is 49.7 Å². The summed E-state index contributed by atoms with van der Waals surface area (Å²) < 4.78 is 0. The molecule has 0 saturated carbocycles. The van der Waals surface area contributed by atoms with Crippen LogP contribution in [0.15, 0.2) is 60.1 Å². The Kier molecular flexibility index (Phi) is 6.34. The van der Waals surface area contributed by atoms with Gasteiger partial charge in [-0.1, -0.05) is 24.3 Å². The minimum absolute atomic E-state index is 0.138. The van der Waals surface area contributed by atoms with Crippen LogP contribution < -0.4 is 10.2 Å². The molecule has 0 unspecified atom stereocenters. The Morgan fingerprint density at radius 1 is 1.00 bits per heavy atom. The van der Waals surface area contributed by atoms with Crippen molar-refractivity contribution in [1.82, 2.24) is 14.9 Å². The van der Waals surface area contributed by atoms with Crippen LogP contribution in [-0.4, -0.2) is 52.9 Å². The van der Waals surface area contributed by atoms with E-state index in [1.54, 1.807) is 18.3 Å². The van der Waals surface area contributed by atoms with E-state index >= 15 is 0 Å². The van der Waals surface area contributed by atoms with E-state index in [9.17, 15) is 9.59 Å². The number of carbonyl (C=O) groups excluding carboxylic acids is 2. The van der Waals surface area contributed by atoms with Crippen LogP contribution in [0.1, 0.15) is 22.5 Å². The molecule has 0 atom stereocenters. The van der Waals surface area contributed by atoms with Gasteiger partial charge >= 0.3 is 0 Å². The van der Waals surface area contributed by atoms with Gasteiger partial charge in [-0.25, -0.2) is 9.97 Å². The Bertz CT molecular complexity index is 985. The summed E-state index contributed by atoms with van der Waals surface area (Å²) in [6, 6.07) is 14.9. The molecule has 0 radical (unpaired) electrons. The maximum Gasteiger partial charge on any atom is 0.257 e. The van der Waals surface area contributed by atoms with Crippen LogP contribution in [0, 0.1) is 0 Å². The molecule has 7 nitrogen and oxygen atoms in total. The van der Waals surface area contributed by atoms with Crippen molar-refractivity contribution in [3.8, 4) is 0 Å². The standard InChI is InChI=1S/C22H23N5O2S/c28-20(27-14-12-26(13-15-27)19-8-4-5-11-23-19)10-9-18-16-30-22(24-18)25-21(29)17-6-2-1-3-7-17/h1-8,11,16H,9-10,12-15H2,(H,24,25,29). The molecule has 0 bridgehead atoms. The predicted molar refractivity (Wildman–Crippen MR) is 118 cm³/mol. The zero-order chi connectivity index (χ0) is 20.8. The normalized spacial score (nSPS) is 13.9. The molecule has 8 heteroatoms. The summed E-state index contributed by atoms with van der Waals surface area (Å²) in [5.74, 6) is 0.911. The van der Waals surface area contributed by atoms with Crippen LogP contribution in [0.4, 0.5) is 10.9 Å². The number of hydrogen-bond donors (Lipinski definition) is 1. The average molecular weight is 422 g/mol. The summed E-state index contributed by atoms with van der Waals surface area (Å²) in [6.07, 6.45) is 2.77. The number of amides is 2. The number of nitrogens with zero attached hydrogens (tertiary/aromatic N) is 4. The van der Waals surface area contributed by atoms with E-state index in [1.807, 2.05) is 46.7 Å². The molecule has 2 amide bonds. The van der Waals surface area contributed by atoms with Gasteiger partial charge < -0.3 is 9.80 Å². The second-order valence-electron chi connectivity index (χ2n) is 7.02. The minimum atomic E-state index is -0.182. The summed E-state index contributed by atoms with van der Waals surface area (Å²) >= 11 is 1.38. The average Bonchev–Trinajstić information content (AvgIpc) is 3.26. The van der Waals surface area contributed by atoms with Crippen LogP contribution in [0.3, 0.4) is 0 Å². The molecule has 0 spiro atoms. The molecular formula is C22H23N5O2S. The highest BCUT2D eigenvalue weighted by molar-refractivity contribution is 7.14. The van der Waals surface area contributed by atoms with Gasteiger partial charge in [-0.3, -0.25) is 14.9 Å². The van der Waals surface area contributed by atoms with Gasteiger partial charge in [0.15, 0.2) is 5.13 Å². The van der Waals surface area contributed by atoms with Crippen molar-refractivity contribution in [3.05, 3.63) is 71.4 Å². The van der Waals surface area contributed by atoms with Crippen molar-refractivity contribution >= 4 is 34.1 Å². The number of piperazine rings is 1. The first-order valence-electron chi connectivity index (χ1n) is 9.93. The molecule has 0 aliphatic carbocycles. The van der Waals surface area contributed by atoms with Gasteiger partial charge in [0.25, 0.3) is 5.91 Å². The van der Waals surface area contributed by atoms with Gasteiger partial charge in [0.2, 0.25) is 5.91 Å². The molecule has 1 saturated heterocycles. The van der Waals surface area contributed by atoms with Crippen molar-refractivity contribution in [1.29, 1.82) is 0 Å². The topological polar surface area (TPSA) is 78.4 Å². The van der Waals surface area contributed by atoms with Gasteiger partial charge in [0.1, 0.15) is 5.82 Å². The number of carbonyl (C=O) groups is 2. The molecule has 1 aliphatic heterocycles. The number of hydrogen-bond acceptors (Lipinski definition) is 6. The van der Waals surface area contributed by atoms with Gasteiger partial charge in [-0.05, 0) is 30.7 Å². The first kappa shape index (κ1) is 20.0.